The zero-order valence-corrected chi connectivity index (χ0v) is 16.1. The van der Waals surface area contributed by atoms with Crippen LogP contribution in [0.1, 0.15) is 58.9 Å². The van der Waals surface area contributed by atoms with Gasteiger partial charge in [0.1, 0.15) is 5.69 Å². The maximum absolute atomic E-state index is 12.7. The molecule has 1 amide bonds. The Morgan fingerprint density at radius 2 is 2.07 bits per heavy atom. The third kappa shape index (κ3) is 3.30. The Morgan fingerprint density at radius 1 is 1.33 bits per heavy atom. The summed E-state index contributed by atoms with van der Waals surface area (Å²) in [6, 6.07) is 2.02. The molecule has 3 heterocycles. The summed E-state index contributed by atoms with van der Waals surface area (Å²) in [7, 11) is 1.33. The number of rotatable bonds is 5. The molecule has 2 N–H and O–H groups in total. The predicted molar refractivity (Wildman–Crippen MR) is 102 cm³/mol. The molecule has 3 aromatic heterocycles. The Hall–Kier alpha value is -3.16. The molecule has 0 fully saturated rings. The summed E-state index contributed by atoms with van der Waals surface area (Å²) in [5.74, 6) is -0.793. The van der Waals surface area contributed by atoms with Crippen LogP contribution in [-0.2, 0) is 11.2 Å². The van der Waals surface area contributed by atoms with E-state index in [1.807, 2.05) is 31.5 Å². The lowest BCUT2D eigenvalue weighted by atomic mass is 10.1. The molecule has 0 aliphatic rings. The Labute approximate surface area is 156 Å². The molecule has 3 aromatic rings. The van der Waals surface area contributed by atoms with E-state index in [9.17, 15) is 9.59 Å². The normalized spacial score (nSPS) is 11.2. The molecule has 27 heavy (non-hydrogen) atoms. The number of aromatic nitrogens is 4. The molecule has 8 nitrogen and oxygen atoms in total. The number of fused-ring (bicyclic) bond motifs is 1. The minimum absolute atomic E-state index is 0.196. The van der Waals surface area contributed by atoms with Crippen molar-refractivity contribution in [3.8, 4) is 0 Å². The van der Waals surface area contributed by atoms with Gasteiger partial charge in [-0.1, -0.05) is 6.92 Å². The largest absolute Gasteiger partial charge is 0.465 e. The van der Waals surface area contributed by atoms with Gasteiger partial charge in [-0.15, -0.1) is 0 Å². The second kappa shape index (κ2) is 7.22. The number of pyridine rings is 1. The van der Waals surface area contributed by atoms with E-state index in [0.29, 0.717) is 34.6 Å². The molecule has 0 atom stereocenters. The van der Waals surface area contributed by atoms with Crippen LogP contribution in [-0.4, -0.2) is 38.7 Å². The Balaban J connectivity index is 1.90. The second-order valence-corrected chi connectivity index (χ2v) is 6.60. The van der Waals surface area contributed by atoms with Gasteiger partial charge in [-0.2, -0.15) is 5.10 Å². The molecule has 0 saturated carbocycles. The van der Waals surface area contributed by atoms with Gasteiger partial charge < -0.3 is 15.0 Å². The van der Waals surface area contributed by atoms with Crippen LogP contribution in [0.2, 0.25) is 0 Å². The van der Waals surface area contributed by atoms with Crippen LogP contribution in [0.4, 0.5) is 5.69 Å². The van der Waals surface area contributed by atoms with Gasteiger partial charge in [0.2, 0.25) is 0 Å². The van der Waals surface area contributed by atoms with E-state index >= 15 is 0 Å². The van der Waals surface area contributed by atoms with Crippen molar-refractivity contribution in [3.05, 3.63) is 41.0 Å². The van der Waals surface area contributed by atoms with Crippen molar-refractivity contribution < 1.29 is 14.3 Å². The van der Waals surface area contributed by atoms with Crippen molar-refractivity contribution in [2.24, 2.45) is 0 Å². The van der Waals surface area contributed by atoms with Crippen LogP contribution in [0.15, 0.2) is 18.5 Å². The lowest BCUT2D eigenvalue weighted by molar-refractivity contribution is 0.0599. The summed E-state index contributed by atoms with van der Waals surface area (Å²) in [6.45, 7) is 7.69. The average molecular weight is 369 g/mol. The highest BCUT2D eigenvalue weighted by Gasteiger charge is 2.23. The molecule has 0 radical (unpaired) electrons. The first-order chi connectivity index (χ1) is 12.9. The van der Waals surface area contributed by atoms with Crippen molar-refractivity contribution in [1.29, 1.82) is 0 Å². The van der Waals surface area contributed by atoms with Gasteiger partial charge in [-0.25, -0.2) is 14.5 Å². The maximum atomic E-state index is 12.7. The molecule has 3 rings (SSSR count). The molecule has 142 valence electrons. The molecule has 0 aromatic carbocycles. The molecule has 8 heteroatoms. The first kappa shape index (κ1) is 18.6. The summed E-state index contributed by atoms with van der Waals surface area (Å²) in [6.07, 6.45) is 3.91. The quantitative estimate of drug-likeness (QED) is 0.672. The fourth-order valence-electron chi connectivity index (χ4n) is 3.11. The van der Waals surface area contributed by atoms with Gasteiger partial charge in [0.25, 0.3) is 5.91 Å². The number of amides is 1. The van der Waals surface area contributed by atoms with Gasteiger partial charge in [-0.3, -0.25) is 4.79 Å². The molecule has 0 aliphatic carbocycles. The summed E-state index contributed by atoms with van der Waals surface area (Å²) < 4.78 is 6.66. The molecule has 0 aliphatic heterocycles. The summed E-state index contributed by atoms with van der Waals surface area (Å²) in [4.78, 5) is 32.2. The van der Waals surface area contributed by atoms with E-state index < -0.39 is 5.97 Å². The molecule has 0 spiro atoms. The smallest absolute Gasteiger partial charge is 0.339 e. The lowest BCUT2D eigenvalue weighted by Crippen LogP contribution is -2.14. The van der Waals surface area contributed by atoms with Crippen molar-refractivity contribution in [3.63, 3.8) is 0 Å². The van der Waals surface area contributed by atoms with Crippen LogP contribution in [0.5, 0.6) is 0 Å². The summed E-state index contributed by atoms with van der Waals surface area (Å²) >= 11 is 0. The van der Waals surface area contributed by atoms with E-state index in [1.54, 1.807) is 19.3 Å². The lowest BCUT2D eigenvalue weighted by Gasteiger charge is -2.07. The van der Waals surface area contributed by atoms with Crippen LogP contribution in [0.3, 0.4) is 0 Å². The van der Waals surface area contributed by atoms with Crippen LogP contribution in [0.25, 0.3) is 11.0 Å². The molecular formula is C19H23N5O3. The fraction of sp³-hybridized carbons (Fsp3) is 0.368. The van der Waals surface area contributed by atoms with E-state index in [4.69, 9.17) is 4.74 Å². The van der Waals surface area contributed by atoms with Crippen molar-refractivity contribution in [2.45, 2.75) is 40.2 Å². The highest BCUT2D eigenvalue weighted by atomic mass is 16.5. The van der Waals surface area contributed by atoms with Gasteiger partial charge in [0.05, 0.1) is 30.8 Å². The number of esters is 1. The number of carbonyl (C=O) groups excluding carboxylic acids is 2. The Bertz CT molecular complexity index is 1020. The highest BCUT2D eigenvalue weighted by Crippen LogP contribution is 2.23. The molecule has 0 bridgehead atoms. The first-order valence-corrected chi connectivity index (χ1v) is 8.81. The van der Waals surface area contributed by atoms with E-state index in [-0.39, 0.29) is 11.9 Å². The van der Waals surface area contributed by atoms with Crippen LogP contribution >= 0.6 is 0 Å². The predicted octanol–water partition coefficient (Wildman–Crippen LogP) is 3.25. The first-order valence-electron chi connectivity index (χ1n) is 8.81. The number of ether oxygens (including phenoxy) is 1. The maximum Gasteiger partial charge on any atom is 0.339 e. The number of aromatic amines is 1. The number of nitrogens with one attached hydrogen (secondary N) is 2. The van der Waals surface area contributed by atoms with Gasteiger partial charge in [0, 0.05) is 17.1 Å². The Morgan fingerprint density at radius 3 is 2.70 bits per heavy atom. The number of nitrogens with zero attached hydrogens (tertiary/aromatic N) is 3. The number of hydrogen-bond acceptors (Lipinski definition) is 5. The van der Waals surface area contributed by atoms with Gasteiger partial charge in [-0.05, 0) is 38.8 Å². The average Bonchev–Trinajstić information content (AvgIpc) is 3.21. The number of carbonyl (C=O) groups is 2. The number of H-pyrrole nitrogens is 1. The standard InChI is InChI=1S/C19H23N5O3/c1-6-14-15(19(26)27-5)11(4)16(23-14)18(25)22-13-7-12-8-21-24(10(2)3)17(12)20-9-13/h7-10,23H,6H2,1-5H3,(H,22,25). The zero-order valence-electron chi connectivity index (χ0n) is 16.1. The zero-order chi connectivity index (χ0) is 19.7. The van der Waals surface area contributed by atoms with Crippen molar-refractivity contribution >= 4 is 28.6 Å². The van der Waals surface area contributed by atoms with E-state index in [2.05, 4.69) is 20.4 Å². The minimum Gasteiger partial charge on any atom is -0.465 e. The Kier molecular flexibility index (Phi) is 4.98. The van der Waals surface area contributed by atoms with Crippen molar-refractivity contribution in [1.82, 2.24) is 19.7 Å². The fourth-order valence-corrected chi connectivity index (χ4v) is 3.11. The highest BCUT2D eigenvalue weighted by molar-refractivity contribution is 6.07. The topological polar surface area (TPSA) is 102 Å². The summed E-state index contributed by atoms with van der Waals surface area (Å²) in [5.41, 5.74) is 3.32. The number of anilines is 1. The summed E-state index contributed by atoms with van der Waals surface area (Å²) in [5, 5.41) is 8.00. The minimum atomic E-state index is -0.455. The third-order valence-electron chi connectivity index (χ3n) is 4.48. The molecule has 0 unspecified atom stereocenters. The SMILES string of the molecule is CCc1[nH]c(C(=O)Nc2cnc3c(cnn3C(C)C)c2)c(C)c1C(=O)OC. The van der Waals surface area contributed by atoms with E-state index in [0.717, 1.165) is 11.0 Å². The molecular weight excluding hydrogens is 346 g/mol. The monoisotopic (exact) mass is 369 g/mol. The van der Waals surface area contributed by atoms with Crippen LogP contribution < -0.4 is 5.32 Å². The van der Waals surface area contributed by atoms with Crippen LogP contribution in [0, 0.1) is 6.92 Å². The number of hydrogen-bond donors (Lipinski definition) is 2. The number of aryl methyl sites for hydroxylation is 1. The third-order valence-corrected chi connectivity index (χ3v) is 4.48. The van der Waals surface area contributed by atoms with Gasteiger partial charge in [0.15, 0.2) is 5.65 Å². The van der Waals surface area contributed by atoms with E-state index in [1.165, 1.54) is 7.11 Å². The second-order valence-electron chi connectivity index (χ2n) is 6.60. The number of methoxy groups -OCH3 is 1. The molecule has 0 saturated heterocycles. The van der Waals surface area contributed by atoms with Gasteiger partial charge >= 0.3 is 5.97 Å². The van der Waals surface area contributed by atoms with Crippen molar-refractivity contribution in [2.75, 3.05) is 12.4 Å².